The lowest BCUT2D eigenvalue weighted by Gasteiger charge is -2.36. The van der Waals surface area contributed by atoms with Gasteiger partial charge in [0.25, 0.3) is 0 Å². The first-order chi connectivity index (χ1) is 18.1. The fourth-order valence-electron chi connectivity index (χ4n) is 6.24. The summed E-state index contributed by atoms with van der Waals surface area (Å²) in [7, 11) is 0. The second-order valence-corrected chi connectivity index (χ2v) is 10.5. The van der Waals surface area contributed by atoms with E-state index in [0.29, 0.717) is 37.4 Å². The van der Waals surface area contributed by atoms with Gasteiger partial charge in [-0.1, -0.05) is 18.7 Å². The molecule has 198 valence electrons. The van der Waals surface area contributed by atoms with Crippen LogP contribution in [-0.4, -0.2) is 29.1 Å². The number of carboxylic acids is 1. The molecule has 38 heavy (non-hydrogen) atoms. The highest BCUT2D eigenvalue weighted by Crippen LogP contribution is 2.44. The Hall–Kier alpha value is -3.67. The number of rotatable bonds is 5. The van der Waals surface area contributed by atoms with E-state index in [9.17, 15) is 14.3 Å². The minimum atomic E-state index is -0.916. The lowest BCUT2D eigenvalue weighted by Crippen LogP contribution is -2.31. The average Bonchev–Trinajstić information content (AvgIpc) is 2.90. The van der Waals surface area contributed by atoms with Gasteiger partial charge in [-0.25, -0.2) is 8.78 Å². The Morgan fingerprint density at radius 2 is 1.76 bits per heavy atom. The molecule has 5 rings (SSSR count). The maximum Gasteiger partial charge on any atom is 0.307 e. The molecular weight excluding hydrogens is 484 g/mol. The van der Waals surface area contributed by atoms with Crippen LogP contribution in [0, 0.1) is 39.3 Å². The zero-order valence-corrected chi connectivity index (χ0v) is 22.4. The topological polar surface area (TPSA) is 49.8 Å². The molecule has 2 heterocycles. The maximum atomic E-state index is 15.3. The molecule has 0 atom stereocenters. The van der Waals surface area contributed by atoms with E-state index in [2.05, 4.69) is 11.5 Å². The lowest BCUT2D eigenvalue weighted by atomic mass is 9.79. The van der Waals surface area contributed by atoms with Crippen LogP contribution in [0.4, 0.5) is 8.78 Å². The van der Waals surface area contributed by atoms with Crippen molar-refractivity contribution < 1.29 is 23.4 Å². The Kier molecular flexibility index (Phi) is 6.76. The highest BCUT2D eigenvalue weighted by molar-refractivity contribution is 5.84. The van der Waals surface area contributed by atoms with E-state index in [-0.39, 0.29) is 12.2 Å². The van der Waals surface area contributed by atoms with Gasteiger partial charge in [0.15, 0.2) is 11.6 Å². The second-order valence-electron chi connectivity index (χ2n) is 10.5. The first-order valence-electron chi connectivity index (χ1n) is 13.1. The van der Waals surface area contributed by atoms with E-state index >= 15 is 4.39 Å². The molecule has 0 aromatic heterocycles. The van der Waals surface area contributed by atoms with Crippen LogP contribution in [0.15, 0.2) is 30.8 Å². The minimum Gasteiger partial charge on any atom is -0.490 e. The van der Waals surface area contributed by atoms with Crippen molar-refractivity contribution in [3.8, 4) is 16.9 Å². The number of aliphatic carboxylic acids is 1. The molecule has 3 aromatic rings. The molecule has 0 unspecified atom stereocenters. The minimum absolute atomic E-state index is 0.136. The SMILES string of the molecule is C=C(c1cccc(F)c1C)N1CCc2c(C)c(CC(=O)O)c(-c3cc(F)c4c(c3C)CCCO4)c(C)c2C1. The summed E-state index contributed by atoms with van der Waals surface area (Å²) in [5.41, 5.74) is 10.3. The Morgan fingerprint density at radius 3 is 2.50 bits per heavy atom. The van der Waals surface area contributed by atoms with Crippen molar-refractivity contribution in [2.75, 3.05) is 13.2 Å². The summed E-state index contributed by atoms with van der Waals surface area (Å²) in [5, 5.41) is 9.82. The van der Waals surface area contributed by atoms with Crippen LogP contribution in [0.1, 0.15) is 56.5 Å². The molecule has 2 aliphatic rings. The molecule has 0 aliphatic carbocycles. The zero-order valence-electron chi connectivity index (χ0n) is 22.4. The van der Waals surface area contributed by atoms with E-state index < -0.39 is 11.8 Å². The number of carboxylic acid groups (broad SMARTS) is 1. The van der Waals surface area contributed by atoms with Crippen molar-refractivity contribution in [3.63, 3.8) is 0 Å². The second kappa shape index (κ2) is 9.90. The van der Waals surface area contributed by atoms with Crippen molar-refractivity contribution in [2.45, 2.75) is 59.9 Å². The number of nitrogens with zero attached hydrogens (tertiary/aromatic N) is 1. The largest absolute Gasteiger partial charge is 0.490 e. The Morgan fingerprint density at radius 1 is 1.00 bits per heavy atom. The smallest absolute Gasteiger partial charge is 0.307 e. The fourth-order valence-corrected chi connectivity index (χ4v) is 6.24. The summed E-state index contributed by atoms with van der Waals surface area (Å²) < 4.78 is 35.2. The van der Waals surface area contributed by atoms with Gasteiger partial charge in [-0.2, -0.15) is 0 Å². The highest BCUT2D eigenvalue weighted by Gasteiger charge is 2.29. The summed E-state index contributed by atoms with van der Waals surface area (Å²) in [6.45, 7) is 13.8. The summed E-state index contributed by atoms with van der Waals surface area (Å²) in [6.07, 6.45) is 2.12. The summed E-state index contributed by atoms with van der Waals surface area (Å²) in [6, 6.07) is 6.54. The molecular formula is C32H33F2NO3. The van der Waals surface area contributed by atoms with Gasteiger partial charge in [0.1, 0.15) is 5.82 Å². The van der Waals surface area contributed by atoms with Gasteiger partial charge in [-0.15, -0.1) is 0 Å². The third kappa shape index (κ3) is 4.26. The predicted molar refractivity (Wildman–Crippen MR) is 145 cm³/mol. The van der Waals surface area contributed by atoms with Gasteiger partial charge in [0, 0.05) is 29.9 Å². The molecule has 3 aromatic carbocycles. The van der Waals surface area contributed by atoms with Crippen LogP contribution < -0.4 is 4.74 Å². The molecule has 6 heteroatoms. The third-order valence-electron chi connectivity index (χ3n) is 8.37. The molecule has 4 nitrogen and oxygen atoms in total. The van der Waals surface area contributed by atoms with Gasteiger partial charge < -0.3 is 14.7 Å². The summed E-state index contributed by atoms with van der Waals surface area (Å²) in [5.74, 6) is -1.27. The standard InChI is InChI=1S/C32H33F2NO3/c1-17-23-11-12-35(21(5)22-8-6-10-28(33)19(22)3)16-27(23)20(4)31(26(17)15-30(36)37)25-14-29(34)32-24(18(25)2)9-7-13-38-32/h6,8,10,14H,5,7,9,11-13,15-16H2,1-4H3,(H,36,37). The first-order valence-corrected chi connectivity index (χ1v) is 13.1. The molecule has 0 fully saturated rings. The van der Waals surface area contributed by atoms with Crippen LogP contribution in [0.25, 0.3) is 16.8 Å². The Balaban J connectivity index is 1.67. The number of fused-ring (bicyclic) bond motifs is 2. The van der Waals surface area contributed by atoms with Crippen LogP contribution in [-0.2, 0) is 30.6 Å². The van der Waals surface area contributed by atoms with Crippen molar-refractivity contribution in [1.82, 2.24) is 4.90 Å². The normalized spacial score (nSPS) is 14.5. The number of carbonyl (C=O) groups is 1. The molecule has 0 amide bonds. The van der Waals surface area contributed by atoms with Crippen LogP contribution in [0.3, 0.4) is 0 Å². The molecule has 0 saturated carbocycles. The summed E-state index contributed by atoms with van der Waals surface area (Å²) in [4.78, 5) is 14.1. The van der Waals surface area contributed by atoms with Crippen molar-refractivity contribution in [3.05, 3.63) is 92.5 Å². The Bertz CT molecular complexity index is 1490. The molecule has 2 aliphatic heterocycles. The van der Waals surface area contributed by atoms with Crippen LogP contribution >= 0.6 is 0 Å². The van der Waals surface area contributed by atoms with E-state index in [4.69, 9.17) is 4.74 Å². The lowest BCUT2D eigenvalue weighted by molar-refractivity contribution is -0.136. The van der Waals surface area contributed by atoms with E-state index in [1.165, 1.54) is 12.1 Å². The van der Waals surface area contributed by atoms with E-state index in [0.717, 1.165) is 74.2 Å². The number of halogens is 2. The number of ether oxygens (including phenoxy) is 1. The number of hydrogen-bond donors (Lipinski definition) is 1. The third-order valence-corrected chi connectivity index (χ3v) is 8.37. The molecule has 1 N–H and O–H groups in total. The monoisotopic (exact) mass is 517 g/mol. The zero-order chi connectivity index (χ0) is 27.3. The molecule has 0 radical (unpaired) electrons. The average molecular weight is 518 g/mol. The van der Waals surface area contributed by atoms with Gasteiger partial charge in [0.2, 0.25) is 0 Å². The van der Waals surface area contributed by atoms with Crippen LogP contribution in [0.2, 0.25) is 0 Å². The van der Waals surface area contributed by atoms with E-state index in [1.54, 1.807) is 13.0 Å². The summed E-state index contributed by atoms with van der Waals surface area (Å²) >= 11 is 0. The quantitative estimate of drug-likeness (QED) is 0.402. The molecule has 0 saturated heterocycles. The Labute approximate surface area is 222 Å². The van der Waals surface area contributed by atoms with Gasteiger partial charge in [-0.3, -0.25) is 4.79 Å². The predicted octanol–water partition coefficient (Wildman–Crippen LogP) is 6.85. The maximum absolute atomic E-state index is 15.3. The van der Waals surface area contributed by atoms with E-state index in [1.807, 2.05) is 26.8 Å². The molecule has 0 spiro atoms. The van der Waals surface area contributed by atoms with Gasteiger partial charge in [0.05, 0.1) is 13.0 Å². The van der Waals surface area contributed by atoms with Crippen LogP contribution in [0.5, 0.6) is 5.75 Å². The first kappa shape index (κ1) is 26.0. The van der Waals surface area contributed by atoms with Gasteiger partial charge in [-0.05, 0) is 109 Å². The van der Waals surface area contributed by atoms with Gasteiger partial charge >= 0.3 is 5.97 Å². The number of hydrogen-bond acceptors (Lipinski definition) is 3. The van der Waals surface area contributed by atoms with Crippen molar-refractivity contribution in [2.24, 2.45) is 0 Å². The molecule has 0 bridgehead atoms. The van der Waals surface area contributed by atoms with Crippen molar-refractivity contribution >= 4 is 11.7 Å². The van der Waals surface area contributed by atoms with Crippen molar-refractivity contribution in [1.29, 1.82) is 0 Å². The number of benzene rings is 3. The fraction of sp³-hybridized carbons (Fsp3) is 0.344. The highest BCUT2D eigenvalue weighted by atomic mass is 19.1.